The van der Waals surface area contributed by atoms with Crippen LogP contribution in [0.2, 0.25) is 0 Å². The van der Waals surface area contributed by atoms with Gasteiger partial charge in [0.2, 0.25) is 50.1 Å². The summed E-state index contributed by atoms with van der Waals surface area (Å²) in [6.07, 6.45) is -4.33. The maximum Gasteiger partial charge on any atom is 0.362 e. The lowest BCUT2D eigenvalue weighted by atomic mass is 10.2. The van der Waals surface area contributed by atoms with E-state index < -0.39 is 157 Å². The van der Waals surface area contributed by atoms with Gasteiger partial charge in [-0.15, -0.1) is 22.4 Å². The third kappa shape index (κ3) is 11.5. The molecule has 0 unspecified atom stereocenters. The zero-order valence-corrected chi connectivity index (χ0v) is 34.5. The molecule has 0 saturated heterocycles. The van der Waals surface area contributed by atoms with Crippen LogP contribution in [0.4, 0.5) is 22.4 Å². The average molecular weight is 880 g/mol. The van der Waals surface area contributed by atoms with Crippen LogP contribution in [0, 0.1) is 0 Å². The highest BCUT2D eigenvalue weighted by molar-refractivity contribution is 7.91. The molecule has 0 aliphatic rings. The third-order valence-corrected chi connectivity index (χ3v) is 15.0. The first-order valence-corrected chi connectivity index (χ1v) is 24.5. The first-order chi connectivity index (χ1) is 24.2. The zero-order valence-electron chi connectivity index (χ0n) is 30.4. The Kier molecular flexibility index (Phi) is 19.9. The molecule has 27 heteroatoms. The minimum Gasteiger partial charge on any atom is -0.414 e. The van der Waals surface area contributed by atoms with Gasteiger partial charge in [-0.05, 0) is 39.0 Å². The van der Waals surface area contributed by atoms with Crippen LogP contribution in [-0.4, -0.2) is 111 Å². The quantitative estimate of drug-likeness (QED) is 0.0359. The Morgan fingerprint density at radius 2 is 0.698 bits per heavy atom. The molecule has 0 saturated carbocycles. The van der Waals surface area contributed by atoms with Crippen molar-refractivity contribution in [2.75, 3.05) is 28.8 Å². The van der Waals surface area contributed by atoms with Crippen molar-refractivity contribution in [1.82, 2.24) is 22.6 Å². The molecule has 0 aliphatic carbocycles. The van der Waals surface area contributed by atoms with Crippen LogP contribution in [0.5, 0.6) is 0 Å². The minimum atomic E-state index is -6.38. The summed E-state index contributed by atoms with van der Waals surface area (Å²) >= 11 is 0. The van der Waals surface area contributed by atoms with E-state index in [1.54, 1.807) is 0 Å². The zero-order chi connectivity index (χ0) is 41.9. The van der Waals surface area contributed by atoms with Crippen LogP contribution in [0.1, 0.15) is 106 Å². The second-order valence-electron chi connectivity index (χ2n) is 11.8. The molecule has 0 bridgehead atoms. The molecule has 0 aromatic rings. The summed E-state index contributed by atoms with van der Waals surface area (Å²) < 4.78 is 215. The van der Waals surface area contributed by atoms with Crippen molar-refractivity contribution in [3.05, 3.63) is 12.2 Å². The number of hydrogen-bond donors (Lipinski definition) is 0. The van der Waals surface area contributed by atoms with E-state index in [1.165, 1.54) is 34.6 Å². The van der Waals surface area contributed by atoms with Crippen LogP contribution in [0.3, 0.4) is 0 Å². The fraction of sp³-hybridized carbons (Fsp3) is 0.885. The van der Waals surface area contributed by atoms with Crippen molar-refractivity contribution in [2.45, 2.75) is 117 Å². The van der Waals surface area contributed by atoms with Crippen molar-refractivity contribution >= 4 is 56.1 Å². The van der Waals surface area contributed by atoms with Crippen LogP contribution in [0.25, 0.3) is 0 Å². The largest absolute Gasteiger partial charge is 0.414 e. The number of hydrogen-bond acceptors (Lipinski definition) is 12. The SMILES string of the molecule is C=C(C)C(=O)OC(N(F)S(=O)(=O)CCCC)(N(F)S(=O)(=O)CCCC)C(N(F)S(=O)(=O)CCCC)(N(F)S(=O)(=O)CCCC)N(F)S(=O)(=O)CCCC. The highest BCUT2D eigenvalue weighted by Crippen LogP contribution is 2.51. The summed E-state index contributed by atoms with van der Waals surface area (Å²) in [6.45, 7) is 10.1. The van der Waals surface area contributed by atoms with Gasteiger partial charge in [-0.25, -0.2) is 46.9 Å². The van der Waals surface area contributed by atoms with Gasteiger partial charge < -0.3 is 4.74 Å². The van der Waals surface area contributed by atoms with Gasteiger partial charge in [0.25, 0.3) is 0 Å². The number of halogens is 5. The molecule has 0 heterocycles. The molecule has 0 atom stereocenters. The number of esters is 1. The number of unbranched alkanes of at least 4 members (excludes halogenated alkanes) is 5. The van der Waals surface area contributed by atoms with Crippen LogP contribution >= 0.6 is 0 Å². The van der Waals surface area contributed by atoms with Gasteiger partial charge in [-0.3, -0.25) is 0 Å². The third-order valence-electron chi connectivity index (χ3n) is 7.23. The molecule has 17 nitrogen and oxygen atoms in total. The summed E-state index contributed by atoms with van der Waals surface area (Å²) in [6, 6.07) is 0. The Balaban J connectivity index is 9.91. The lowest BCUT2D eigenvalue weighted by Crippen LogP contribution is -2.86. The Hall–Kier alpha value is -1.59. The molecule has 0 spiro atoms. The highest BCUT2D eigenvalue weighted by Gasteiger charge is 2.85. The summed E-state index contributed by atoms with van der Waals surface area (Å²) in [5, 5.41) is 0. The lowest BCUT2D eigenvalue weighted by Gasteiger charge is -2.52. The van der Waals surface area contributed by atoms with Crippen molar-refractivity contribution in [3.63, 3.8) is 0 Å². The number of carbonyl (C=O) groups excluding carboxylic acids is 1. The van der Waals surface area contributed by atoms with Gasteiger partial charge in [-0.1, -0.05) is 73.3 Å². The second kappa shape index (κ2) is 20.5. The van der Waals surface area contributed by atoms with Crippen LogP contribution in [0.15, 0.2) is 12.2 Å². The normalized spacial score (nSPS) is 14.2. The van der Waals surface area contributed by atoms with Crippen molar-refractivity contribution < 1.29 is 74.0 Å². The van der Waals surface area contributed by atoms with E-state index in [-0.39, 0.29) is 32.1 Å². The molecular formula is C26H50F5N5O12S5. The first kappa shape index (κ1) is 51.4. The fourth-order valence-electron chi connectivity index (χ4n) is 4.18. The summed E-state index contributed by atoms with van der Waals surface area (Å²) in [5.74, 6) is -23.1. The Morgan fingerprint density at radius 1 is 0.491 bits per heavy atom. The van der Waals surface area contributed by atoms with Crippen molar-refractivity contribution in [2.24, 2.45) is 0 Å². The number of sulfonamides is 5. The van der Waals surface area contributed by atoms with Crippen molar-refractivity contribution in [1.29, 1.82) is 0 Å². The van der Waals surface area contributed by atoms with Gasteiger partial charge in [0.15, 0.2) is 0 Å². The van der Waals surface area contributed by atoms with Gasteiger partial charge in [0.05, 0.1) is 28.8 Å². The lowest BCUT2D eigenvalue weighted by molar-refractivity contribution is -0.409. The second-order valence-corrected chi connectivity index (χ2v) is 21.3. The predicted octanol–water partition coefficient (Wildman–Crippen LogP) is 4.00. The molecule has 0 aromatic heterocycles. The molecule has 0 fully saturated rings. The van der Waals surface area contributed by atoms with Crippen LogP contribution < -0.4 is 0 Å². The van der Waals surface area contributed by atoms with E-state index in [1.807, 2.05) is 0 Å². The number of nitrogens with zero attached hydrogens (tertiary/aromatic N) is 5. The van der Waals surface area contributed by atoms with Gasteiger partial charge in [-0.2, -0.15) is 0 Å². The number of carbonyl (C=O) groups is 1. The van der Waals surface area contributed by atoms with E-state index >= 15 is 22.4 Å². The monoisotopic (exact) mass is 879 g/mol. The first-order valence-electron chi connectivity index (χ1n) is 16.5. The minimum absolute atomic E-state index is 0.174. The summed E-state index contributed by atoms with van der Waals surface area (Å²) in [7, 11) is -31.7. The molecular weight excluding hydrogens is 830 g/mol. The van der Waals surface area contributed by atoms with E-state index in [0.29, 0.717) is 6.92 Å². The standard InChI is InChI=1S/C26H50F5N5O12S5/c1-8-13-18-49(38,39)32(27)25(33(28)50(40,41)19-14-9-2,34(29)51(42,43)20-15-10-3)26(48-24(37)23(6)7,35(30)52(44,45)21-16-11-4)36(31)53(46,47)22-17-12-5/h6,8-22H2,1-5,7H3. The topological polar surface area (TPSA) is 213 Å². The summed E-state index contributed by atoms with van der Waals surface area (Å²) in [4.78, 5) is 13.3. The van der Waals surface area contributed by atoms with Gasteiger partial charge in [0.1, 0.15) is 0 Å². The fourth-order valence-corrected chi connectivity index (χ4v) is 11.6. The Bertz CT molecular complexity index is 1640. The van der Waals surface area contributed by atoms with Crippen molar-refractivity contribution in [3.8, 4) is 0 Å². The molecule has 0 N–H and O–H groups in total. The van der Waals surface area contributed by atoms with Gasteiger partial charge in [0, 0.05) is 28.2 Å². The van der Waals surface area contributed by atoms with Gasteiger partial charge >= 0.3 is 17.6 Å². The van der Waals surface area contributed by atoms with E-state index in [2.05, 4.69) is 11.3 Å². The molecule has 0 aromatic carbocycles. The smallest absolute Gasteiger partial charge is 0.362 e. The number of rotatable bonds is 28. The molecule has 0 amide bonds. The Labute approximate surface area is 310 Å². The molecule has 316 valence electrons. The maximum atomic E-state index is 17.3. The molecule has 0 aliphatic heterocycles. The van der Waals surface area contributed by atoms with E-state index in [4.69, 9.17) is 0 Å². The number of ether oxygens (including phenoxy) is 1. The van der Waals surface area contributed by atoms with E-state index in [0.717, 1.165) is 0 Å². The van der Waals surface area contributed by atoms with E-state index in [9.17, 15) is 46.9 Å². The predicted molar refractivity (Wildman–Crippen MR) is 185 cm³/mol. The summed E-state index contributed by atoms with van der Waals surface area (Å²) in [5.41, 5.74) is -1.13. The maximum absolute atomic E-state index is 17.3. The Morgan fingerprint density at radius 3 is 0.887 bits per heavy atom. The molecule has 0 radical (unpaired) electrons. The molecule has 53 heavy (non-hydrogen) atoms. The average Bonchev–Trinajstić information content (AvgIpc) is 3.08. The van der Waals surface area contributed by atoms with Crippen LogP contribution in [-0.2, 0) is 59.6 Å². The molecule has 0 rings (SSSR count). The highest BCUT2D eigenvalue weighted by atomic mass is 32.2.